The zero-order chi connectivity index (χ0) is 16.7. The van der Waals surface area contributed by atoms with Crippen molar-refractivity contribution >= 4 is 0 Å². The van der Waals surface area contributed by atoms with E-state index in [1.807, 2.05) is 30.3 Å². The van der Waals surface area contributed by atoms with Crippen LogP contribution in [0.15, 0.2) is 42.5 Å². The van der Waals surface area contributed by atoms with E-state index in [-0.39, 0.29) is 6.61 Å². The Morgan fingerprint density at radius 3 is 2.48 bits per heavy atom. The fraction of sp³-hybridized carbons (Fsp3) is 0.278. The zero-order valence-electron chi connectivity index (χ0n) is 12.9. The maximum absolute atomic E-state index is 13.3. The molecule has 4 nitrogen and oxygen atoms in total. The number of nitrogens with one attached hydrogen (secondary N) is 1. The molecule has 0 aliphatic heterocycles. The Morgan fingerprint density at radius 1 is 1.17 bits per heavy atom. The quantitative estimate of drug-likeness (QED) is 0.825. The standard InChI is InChI=1S/C18H19FN2O2/c1-13(9-20)23-17-5-2-14(3-6-17)10-21-11-15-4-7-18(19)16(8-15)12-22/h2-8,13,21-22H,10-12H2,1H3. The van der Waals surface area contributed by atoms with Gasteiger partial charge in [-0.25, -0.2) is 4.39 Å². The van der Waals surface area contributed by atoms with Crippen LogP contribution in [0, 0.1) is 17.1 Å². The van der Waals surface area contributed by atoms with Crippen molar-refractivity contribution in [3.63, 3.8) is 0 Å². The molecule has 0 amide bonds. The van der Waals surface area contributed by atoms with Crippen molar-refractivity contribution in [2.75, 3.05) is 0 Å². The third-order valence-corrected chi connectivity index (χ3v) is 3.36. The van der Waals surface area contributed by atoms with Gasteiger partial charge < -0.3 is 15.2 Å². The number of hydrogen-bond acceptors (Lipinski definition) is 4. The monoisotopic (exact) mass is 314 g/mol. The van der Waals surface area contributed by atoms with Gasteiger partial charge in [-0.15, -0.1) is 0 Å². The summed E-state index contributed by atoms with van der Waals surface area (Å²) in [6.07, 6.45) is -0.474. The largest absolute Gasteiger partial charge is 0.476 e. The van der Waals surface area contributed by atoms with E-state index in [0.717, 1.165) is 11.1 Å². The number of hydrogen-bond donors (Lipinski definition) is 2. The molecule has 0 aliphatic rings. The van der Waals surface area contributed by atoms with E-state index in [1.165, 1.54) is 6.07 Å². The highest BCUT2D eigenvalue weighted by Gasteiger charge is 2.03. The van der Waals surface area contributed by atoms with Crippen LogP contribution in [0.1, 0.15) is 23.6 Å². The molecular weight excluding hydrogens is 295 g/mol. The summed E-state index contributed by atoms with van der Waals surface area (Å²) >= 11 is 0. The Morgan fingerprint density at radius 2 is 1.83 bits per heavy atom. The van der Waals surface area contributed by atoms with Gasteiger partial charge in [-0.05, 0) is 42.3 Å². The second-order valence-electron chi connectivity index (χ2n) is 5.22. The lowest BCUT2D eigenvalue weighted by Gasteiger charge is -2.09. The first-order chi connectivity index (χ1) is 11.1. The van der Waals surface area contributed by atoms with Crippen molar-refractivity contribution in [1.82, 2.24) is 5.32 Å². The van der Waals surface area contributed by atoms with Crippen molar-refractivity contribution in [3.8, 4) is 11.8 Å². The predicted molar refractivity (Wildman–Crippen MR) is 85.0 cm³/mol. The molecular formula is C18H19FN2O2. The van der Waals surface area contributed by atoms with Crippen LogP contribution in [0.25, 0.3) is 0 Å². The lowest BCUT2D eigenvalue weighted by molar-refractivity contribution is 0.275. The third kappa shape index (κ3) is 5.06. The Labute approximate surface area is 135 Å². The summed E-state index contributed by atoms with van der Waals surface area (Å²) in [4.78, 5) is 0. The van der Waals surface area contributed by atoms with Crippen LogP contribution >= 0.6 is 0 Å². The van der Waals surface area contributed by atoms with E-state index in [1.54, 1.807) is 19.1 Å². The summed E-state index contributed by atoms with van der Waals surface area (Å²) in [5.41, 5.74) is 2.29. The van der Waals surface area contributed by atoms with Gasteiger partial charge in [0.15, 0.2) is 6.10 Å². The van der Waals surface area contributed by atoms with Gasteiger partial charge in [0.25, 0.3) is 0 Å². The zero-order valence-corrected chi connectivity index (χ0v) is 12.9. The van der Waals surface area contributed by atoms with Gasteiger partial charge >= 0.3 is 0 Å². The van der Waals surface area contributed by atoms with E-state index in [9.17, 15) is 4.39 Å². The van der Waals surface area contributed by atoms with Gasteiger partial charge in [-0.3, -0.25) is 0 Å². The molecule has 0 spiro atoms. The van der Waals surface area contributed by atoms with Crippen LogP contribution in [0.3, 0.4) is 0 Å². The molecule has 0 radical (unpaired) electrons. The molecule has 0 bridgehead atoms. The summed E-state index contributed by atoms with van der Waals surface area (Å²) in [6, 6.07) is 14.2. The molecule has 1 unspecified atom stereocenters. The first-order valence-electron chi connectivity index (χ1n) is 7.36. The number of ether oxygens (including phenoxy) is 1. The van der Waals surface area contributed by atoms with Crippen LogP contribution in [0.2, 0.25) is 0 Å². The van der Waals surface area contributed by atoms with E-state index < -0.39 is 11.9 Å². The highest BCUT2D eigenvalue weighted by molar-refractivity contribution is 5.28. The SMILES string of the molecule is CC(C#N)Oc1ccc(CNCc2ccc(F)c(CO)c2)cc1. The normalized spacial score (nSPS) is 11.7. The third-order valence-electron chi connectivity index (χ3n) is 3.36. The minimum absolute atomic E-state index is 0.303. The number of halogens is 1. The highest BCUT2D eigenvalue weighted by atomic mass is 19.1. The van der Waals surface area contributed by atoms with E-state index in [4.69, 9.17) is 15.1 Å². The van der Waals surface area contributed by atoms with Crippen LogP contribution in [0.5, 0.6) is 5.75 Å². The van der Waals surface area contributed by atoms with E-state index >= 15 is 0 Å². The van der Waals surface area contributed by atoms with Gasteiger partial charge in [0, 0.05) is 18.7 Å². The van der Waals surface area contributed by atoms with Gasteiger partial charge in [0.05, 0.1) is 6.61 Å². The molecule has 0 saturated heterocycles. The van der Waals surface area contributed by atoms with E-state index in [2.05, 4.69) is 5.32 Å². The first kappa shape index (κ1) is 16.9. The summed E-state index contributed by atoms with van der Waals surface area (Å²) in [6.45, 7) is 2.62. The second kappa shape index (κ2) is 8.28. The van der Waals surface area contributed by atoms with Crippen molar-refractivity contribution in [2.45, 2.75) is 32.7 Å². The molecule has 0 fully saturated rings. The van der Waals surface area contributed by atoms with Gasteiger partial charge in [0.1, 0.15) is 17.6 Å². The number of rotatable bonds is 7. The van der Waals surface area contributed by atoms with Crippen LogP contribution < -0.4 is 10.1 Å². The average Bonchev–Trinajstić information content (AvgIpc) is 2.57. The summed E-state index contributed by atoms with van der Waals surface area (Å²) in [5.74, 6) is 0.271. The average molecular weight is 314 g/mol. The molecule has 0 aliphatic carbocycles. The van der Waals surface area contributed by atoms with Crippen LogP contribution in [-0.4, -0.2) is 11.2 Å². The topological polar surface area (TPSA) is 65.3 Å². The molecule has 0 saturated carbocycles. The van der Waals surface area contributed by atoms with Gasteiger partial charge in [-0.1, -0.05) is 18.2 Å². The summed E-state index contributed by atoms with van der Waals surface area (Å²) < 4.78 is 18.7. The molecule has 0 heterocycles. The minimum atomic E-state index is -0.474. The molecule has 1 atom stereocenters. The van der Waals surface area contributed by atoms with Crippen molar-refractivity contribution in [2.24, 2.45) is 0 Å². The minimum Gasteiger partial charge on any atom is -0.476 e. The molecule has 120 valence electrons. The Kier molecular flexibility index (Phi) is 6.10. The number of aliphatic hydroxyl groups excluding tert-OH is 1. The molecule has 2 aromatic rings. The molecule has 2 N–H and O–H groups in total. The van der Waals surface area contributed by atoms with Gasteiger partial charge in [0.2, 0.25) is 0 Å². The predicted octanol–water partition coefficient (Wildman–Crippen LogP) is 2.90. The summed E-state index contributed by atoms with van der Waals surface area (Å²) in [5, 5.41) is 21.0. The van der Waals surface area contributed by atoms with Gasteiger partial charge in [-0.2, -0.15) is 5.26 Å². The molecule has 5 heteroatoms. The number of aliphatic hydroxyl groups is 1. The number of nitrogens with zero attached hydrogens (tertiary/aromatic N) is 1. The van der Waals surface area contributed by atoms with Crippen LogP contribution in [-0.2, 0) is 19.7 Å². The molecule has 0 aromatic heterocycles. The number of benzene rings is 2. The maximum atomic E-state index is 13.3. The van der Waals surface area contributed by atoms with Crippen molar-refractivity contribution in [1.29, 1.82) is 5.26 Å². The Hall–Kier alpha value is -2.42. The van der Waals surface area contributed by atoms with Crippen LogP contribution in [0.4, 0.5) is 4.39 Å². The highest BCUT2D eigenvalue weighted by Crippen LogP contribution is 2.14. The fourth-order valence-electron chi connectivity index (χ4n) is 2.13. The fourth-order valence-corrected chi connectivity index (χ4v) is 2.13. The Bertz CT molecular complexity index is 680. The summed E-state index contributed by atoms with van der Waals surface area (Å²) in [7, 11) is 0. The molecule has 2 aromatic carbocycles. The van der Waals surface area contributed by atoms with Crippen molar-refractivity contribution in [3.05, 3.63) is 65.0 Å². The smallest absolute Gasteiger partial charge is 0.181 e. The molecule has 2 rings (SSSR count). The first-order valence-corrected chi connectivity index (χ1v) is 7.36. The van der Waals surface area contributed by atoms with E-state index in [0.29, 0.717) is 24.4 Å². The molecule has 23 heavy (non-hydrogen) atoms. The lowest BCUT2D eigenvalue weighted by atomic mass is 10.1. The second-order valence-corrected chi connectivity index (χ2v) is 5.22. The number of nitriles is 1. The lowest BCUT2D eigenvalue weighted by Crippen LogP contribution is -2.13. The Balaban J connectivity index is 1.85. The van der Waals surface area contributed by atoms with Crippen molar-refractivity contribution < 1.29 is 14.2 Å². The maximum Gasteiger partial charge on any atom is 0.181 e.